The average molecular weight is 393 g/mol. The number of hydrogen-bond donors (Lipinski definition) is 2. The number of non-ortho nitro benzene ring substituents is 1. The molecule has 11 heteroatoms. The number of nitrogens with zero attached hydrogens (tertiary/aromatic N) is 2. The van der Waals surface area contributed by atoms with Crippen LogP contribution in [0.3, 0.4) is 0 Å². The number of nitro benzene ring substituents is 1. The molecule has 1 amide bonds. The van der Waals surface area contributed by atoms with Crippen LogP contribution in [0.1, 0.15) is 19.3 Å². The molecule has 0 saturated carbocycles. The second-order valence-electron chi connectivity index (χ2n) is 5.46. The number of halogens is 1. The smallest absolute Gasteiger partial charge is 0.269 e. The van der Waals surface area contributed by atoms with Crippen molar-refractivity contribution in [3.05, 3.63) is 34.4 Å². The molecule has 1 heterocycles. The second-order valence-corrected chi connectivity index (χ2v) is 7.35. The van der Waals surface area contributed by atoms with Gasteiger partial charge in [0, 0.05) is 31.8 Å². The third kappa shape index (κ3) is 4.88. The molecule has 1 fully saturated rings. The van der Waals surface area contributed by atoms with Gasteiger partial charge in [-0.1, -0.05) is 6.42 Å². The van der Waals surface area contributed by atoms with Crippen molar-refractivity contribution in [2.75, 3.05) is 19.6 Å². The van der Waals surface area contributed by atoms with E-state index in [2.05, 4.69) is 5.32 Å². The summed E-state index contributed by atoms with van der Waals surface area (Å²) in [4.78, 5) is 22.3. The number of carbonyl (C=O) groups excluding carboxylic acids is 1. The third-order valence-corrected chi connectivity index (χ3v) is 5.78. The number of nitrogens with one attached hydrogen (secondary N) is 1. The van der Waals surface area contributed by atoms with Gasteiger partial charge in [-0.15, -0.1) is 12.4 Å². The first-order valence-electron chi connectivity index (χ1n) is 7.62. The molecule has 0 aliphatic carbocycles. The van der Waals surface area contributed by atoms with E-state index in [0.29, 0.717) is 12.8 Å². The molecule has 1 aliphatic heterocycles. The molecule has 1 aromatic rings. The van der Waals surface area contributed by atoms with E-state index in [4.69, 9.17) is 5.73 Å². The molecule has 1 saturated heterocycles. The normalized spacial score (nSPS) is 18.2. The zero-order chi connectivity index (χ0) is 17.7. The van der Waals surface area contributed by atoms with Crippen LogP contribution in [0.25, 0.3) is 0 Å². The largest absolute Gasteiger partial charge is 0.353 e. The number of amides is 1. The van der Waals surface area contributed by atoms with E-state index in [1.165, 1.54) is 16.4 Å². The van der Waals surface area contributed by atoms with Gasteiger partial charge in [0.25, 0.3) is 5.69 Å². The Morgan fingerprint density at radius 1 is 1.32 bits per heavy atom. The Hall–Kier alpha value is -1.75. The Kier molecular flexibility index (Phi) is 7.74. The Morgan fingerprint density at radius 2 is 1.96 bits per heavy atom. The number of benzene rings is 1. The van der Waals surface area contributed by atoms with E-state index >= 15 is 0 Å². The van der Waals surface area contributed by atoms with Gasteiger partial charge in [0.1, 0.15) is 6.04 Å². The molecule has 0 spiro atoms. The number of nitrogens with two attached hydrogens (primary N) is 1. The van der Waals surface area contributed by atoms with E-state index in [1.54, 1.807) is 0 Å². The number of nitro groups is 1. The maximum atomic E-state index is 12.8. The van der Waals surface area contributed by atoms with Gasteiger partial charge in [-0.05, 0) is 25.0 Å². The summed E-state index contributed by atoms with van der Waals surface area (Å²) in [5, 5.41) is 13.3. The third-order valence-electron chi connectivity index (χ3n) is 3.85. The first-order chi connectivity index (χ1) is 11.4. The first kappa shape index (κ1) is 21.3. The molecule has 0 bridgehead atoms. The van der Waals surface area contributed by atoms with Crippen LogP contribution >= 0.6 is 12.4 Å². The summed E-state index contributed by atoms with van der Waals surface area (Å²) in [6, 6.07) is 3.87. The molecule has 3 N–H and O–H groups in total. The summed E-state index contributed by atoms with van der Waals surface area (Å²) in [5.74, 6) is -0.370. The predicted octanol–water partition coefficient (Wildman–Crippen LogP) is 0.635. The monoisotopic (exact) mass is 392 g/mol. The SMILES string of the molecule is Cl.NCCNC(=O)C1CCCCN1S(=O)(=O)c1ccc([N+](=O)[O-])cc1. The standard InChI is InChI=1S/C14H20N4O5S.ClH/c15-8-9-16-14(19)13-3-1-2-10-17(13)24(22,23)12-6-4-11(5-7-12)18(20)21;/h4-7,13H,1-3,8-10,15H2,(H,16,19);1H. The molecule has 0 aromatic heterocycles. The highest BCUT2D eigenvalue weighted by Crippen LogP contribution is 2.26. The van der Waals surface area contributed by atoms with Crippen LogP contribution in [0.4, 0.5) is 5.69 Å². The molecule has 2 rings (SSSR count). The number of hydrogen-bond acceptors (Lipinski definition) is 6. The molecule has 1 aliphatic rings. The lowest BCUT2D eigenvalue weighted by Gasteiger charge is -2.33. The summed E-state index contributed by atoms with van der Waals surface area (Å²) in [7, 11) is -3.91. The fraction of sp³-hybridized carbons (Fsp3) is 0.500. The fourth-order valence-corrected chi connectivity index (χ4v) is 4.30. The van der Waals surface area contributed by atoms with Crippen LogP contribution in [0.2, 0.25) is 0 Å². The number of piperidine rings is 1. The van der Waals surface area contributed by atoms with Gasteiger partial charge >= 0.3 is 0 Å². The lowest BCUT2D eigenvalue weighted by molar-refractivity contribution is -0.384. The van der Waals surface area contributed by atoms with Gasteiger partial charge in [0.05, 0.1) is 9.82 Å². The highest BCUT2D eigenvalue weighted by atomic mass is 35.5. The van der Waals surface area contributed by atoms with Crippen molar-refractivity contribution in [2.24, 2.45) is 5.73 Å². The molecule has 25 heavy (non-hydrogen) atoms. The zero-order valence-electron chi connectivity index (χ0n) is 13.5. The van der Waals surface area contributed by atoms with Crippen LogP contribution < -0.4 is 11.1 Å². The maximum absolute atomic E-state index is 12.8. The van der Waals surface area contributed by atoms with Gasteiger partial charge in [0.2, 0.25) is 15.9 Å². The zero-order valence-corrected chi connectivity index (χ0v) is 15.1. The fourth-order valence-electron chi connectivity index (χ4n) is 2.64. The first-order valence-corrected chi connectivity index (χ1v) is 9.06. The summed E-state index contributed by atoms with van der Waals surface area (Å²) in [5.41, 5.74) is 5.16. The molecular weight excluding hydrogens is 372 g/mol. The summed E-state index contributed by atoms with van der Waals surface area (Å²) in [6.07, 6.45) is 1.85. The van der Waals surface area contributed by atoms with E-state index in [0.717, 1.165) is 18.6 Å². The molecule has 0 radical (unpaired) electrons. The van der Waals surface area contributed by atoms with Gasteiger partial charge in [-0.25, -0.2) is 8.42 Å². The molecule has 1 aromatic carbocycles. The minimum Gasteiger partial charge on any atom is -0.353 e. The van der Waals surface area contributed by atoms with Crippen LogP contribution in [0.15, 0.2) is 29.2 Å². The molecule has 1 atom stereocenters. The number of carbonyl (C=O) groups is 1. The number of rotatable bonds is 6. The van der Waals surface area contributed by atoms with E-state index in [-0.39, 0.29) is 48.5 Å². The Labute approximate surface area is 152 Å². The Morgan fingerprint density at radius 3 is 2.52 bits per heavy atom. The topological polar surface area (TPSA) is 136 Å². The average Bonchev–Trinajstić information content (AvgIpc) is 2.59. The van der Waals surface area contributed by atoms with Crippen molar-refractivity contribution in [3.63, 3.8) is 0 Å². The van der Waals surface area contributed by atoms with Crippen molar-refractivity contribution >= 4 is 34.0 Å². The van der Waals surface area contributed by atoms with Crippen molar-refractivity contribution in [1.82, 2.24) is 9.62 Å². The minimum atomic E-state index is -3.91. The summed E-state index contributed by atoms with van der Waals surface area (Å²) < 4.78 is 26.8. The predicted molar refractivity (Wildman–Crippen MR) is 93.9 cm³/mol. The van der Waals surface area contributed by atoms with E-state index < -0.39 is 21.0 Å². The molecule has 140 valence electrons. The second kappa shape index (κ2) is 9.09. The van der Waals surface area contributed by atoms with Crippen molar-refractivity contribution in [1.29, 1.82) is 0 Å². The van der Waals surface area contributed by atoms with E-state index in [1.807, 2.05) is 0 Å². The van der Waals surface area contributed by atoms with E-state index in [9.17, 15) is 23.3 Å². The maximum Gasteiger partial charge on any atom is 0.269 e. The number of sulfonamides is 1. The van der Waals surface area contributed by atoms with Crippen molar-refractivity contribution in [2.45, 2.75) is 30.2 Å². The van der Waals surface area contributed by atoms with Crippen LogP contribution in [-0.2, 0) is 14.8 Å². The molecule has 9 nitrogen and oxygen atoms in total. The van der Waals surface area contributed by atoms with Gasteiger partial charge in [0.15, 0.2) is 0 Å². The minimum absolute atomic E-state index is 0. The Balaban J connectivity index is 0.00000312. The quantitative estimate of drug-likeness (QED) is 0.538. The highest BCUT2D eigenvalue weighted by molar-refractivity contribution is 7.89. The Bertz CT molecular complexity index is 710. The van der Waals surface area contributed by atoms with Gasteiger partial charge in [-0.3, -0.25) is 14.9 Å². The van der Waals surface area contributed by atoms with Crippen molar-refractivity contribution < 1.29 is 18.1 Å². The van der Waals surface area contributed by atoms with Crippen molar-refractivity contribution in [3.8, 4) is 0 Å². The van der Waals surface area contributed by atoms with Gasteiger partial charge < -0.3 is 11.1 Å². The summed E-state index contributed by atoms with van der Waals surface area (Å²) in [6.45, 7) is 0.786. The summed E-state index contributed by atoms with van der Waals surface area (Å²) >= 11 is 0. The lowest BCUT2D eigenvalue weighted by Crippen LogP contribution is -2.52. The van der Waals surface area contributed by atoms with Crippen LogP contribution in [0, 0.1) is 10.1 Å². The lowest BCUT2D eigenvalue weighted by atomic mass is 10.0. The molecular formula is C14H21ClN4O5S. The van der Waals surface area contributed by atoms with Crippen LogP contribution in [-0.4, -0.2) is 49.2 Å². The van der Waals surface area contributed by atoms with Gasteiger partial charge in [-0.2, -0.15) is 4.31 Å². The highest BCUT2D eigenvalue weighted by Gasteiger charge is 2.37. The van der Waals surface area contributed by atoms with Crippen LogP contribution in [0.5, 0.6) is 0 Å². The molecule has 1 unspecified atom stereocenters.